The highest BCUT2D eigenvalue weighted by Gasteiger charge is 2.25. The fourth-order valence-corrected chi connectivity index (χ4v) is 3.33. The van der Waals surface area contributed by atoms with Crippen molar-refractivity contribution in [2.75, 3.05) is 26.8 Å². The molecule has 0 unspecified atom stereocenters. The molecule has 23 heavy (non-hydrogen) atoms. The molecule has 1 aliphatic heterocycles. The van der Waals surface area contributed by atoms with Crippen LogP contribution < -0.4 is 0 Å². The highest BCUT2D eigenvalue weighted by molar-refractivity contribution is 5.78. The smallest absolute Gasteiger partial charge is 0.225 e. The van der Waals surface area contributed by atoms with Crippen LogP contribution in [0.1, 0.15) is 44.6 Å². The number of imidazole rings is 1. The van der Waals surface area contributed by atoms with Crippen LogP contribution in [0, 0.1) is 18.8 Å². The number of hydrogen-bond acceptors (Lipinski definition) is 3. The predicted octanol–water partition coefficient (Wildman–Crippen LogP) is 2.67. The Hall–Kier alpha value is -1.36. The molecule has 1 aromatic heterocycles. The number of carbonyl (C=O) groups is 1. The quantitative estimate of drug-likeness (QED) is 0.725. The molecule has 1 amide bonds. The fraction of sp³-hybridized carbons (Fsp3) is 0.778. The van der Waals surface area contributed by atoms with Gasteiger partial charge >= 0.3 is 0 Å². The van der Waals surface area contributed by atoms with E-state index in [1.165, 1.54) is 11.5 Å². The minimum absolute atomic E-state index is 0.105. The number of aromatic nitrogens is 2. The van der Waals surface area contributed by atoms with Gasteiger partial charge < -0.3 is 14.2 Å². The molecule has 0 spiro atoms. The summed E-state index contributed by atoms with van der Waals surface area (Å²) >= 11 is 0. The van der Waals surface area contributed by atoms with Crippen molar-refractivity contribution in [1.29, 1.82) is 0 Å². The number of rotatable bonds is 7. The van der Waals surface area contributed by atoms with E-state index in [1.807, 2.05) is 24.9 Å². The lowest BCUT2D eigenvalue weighted by atomic mass is 9.92. The van der Waals surface area contributed by atoms with E-state index >= 15 is 0 Å². The van der Waals surface area contributed by atoms with Crippen LogP contribution in [0.15, 0.2) is 6.20 Å². The van der Waals surface area contributed by atoms with Crippen LogP contribution in [0.25, 0.3) is 0 Å². The third-order valence-electron chi connectivity index (χ3n) is 4.76. The summed E-state index contributed by atoms with van der Waals surface area (Å²) in [4.78, 5) is 18.7. The zero-order valence-corrected chi connectivity index (χ0v) is 15.0. The number of likely N-dealkylation sites (tertiary alicyclic amines) is 1. The van der Waals surface area contributed by atoms with Gasteiger partial charge in [-0.05, 0) is 32.1 Å². The van der Waals surface area contributed by atoms with Crippen molar-refractivity contribution < 1.29 is 9.53 Å². The largest absolute Gasteiger partial charge is 0.385 e. The first-order valence-electron chi connectivity index (χ1n) is 8.81. The van der Waals surface area contributed by atoms with Crippen LogP contribution in [-0.4, -0.2) is 47.2 Å². The molecule has 1 fully saturated rings. The molecule has 0 aromatic carbocycles. The SMILES string of the molecule is COCCCn1c(C)cnc1CC1CCN(C(=O)C(C)C)CC1. The van der Waals surface area contributed by atoms with E-state index in [-0.39, 0.29) is 5.92 Å². The molecule has 0 N–H and O–H groups in total. The summed E-state index contributed by atoms with van der Waals surface area (Å²) < 4.78 is 7.48. The zero-order valence-electron chi connectivity index (χ0n) is 15.0. The molecule has 1 saturated heterocycles. The van der Waals surface area contributed by atoms with Gasteiger partial charge in [0.05, 0.1) is 0 Å². The number of carbonyl (C=O) groups excluding carboxylic acids is 1. The van der Waals surface area contributed by atoms with E-state index in [9.17, 15) is 4.79 Å². The number of methoxy groups -OCH3 is 1. The Balaban J connectivity index is 1.88. The Morgan fingerprint density at radius 1 is 1.39 bits per heavy atom. The maximum Gasteiger partial charge on any atom is 0.225 e. The van der Waals surface area contributed by atoms with Gasteiger partial charge in [-0.25, -0.2) is 4.98 Å². The second-order valence-electron chi connectivity index (χ2n) is 6.94. The fourth-order valence-electron chi connectivity index (χ4n) is 3.33. The molecule has 2 heterocycles. The highest BCUT2D eigenvalue weighted by atomic mass is 16.5. The van der Waals surface area contributed by atoms with Gasteiger partial charge in [-0.3, -0.25) is 4.79 Å². The normalized spacial score (nSPS) is 16.3. The van der Waals surface area contributed by atoms with Gasteiger partial charge in [0.25, 0.3) is 0 Å². The van der Waals surface area contributed by atoms with Crippen molar-refractivity contribution >= 4 is 5.91 Å². The number of hydrogen-bond donors (Lipinski definition) is 0. The van der Waals surface area contributed by atoms with Crippen molar-refractivity contribution in [2.45, 2.75) is 53.0 Å². The van der Waals surface area contributed by atoms with Gasteiger partial charge in [-0.15, -0.1) is 0 Å². The number of amides is 1. The van der Waals surface area contributed by atoms with Crippen LogP contribution in [0.4, 0.5) is 0 Å². The van der Waals surface area contributed by atoms with Crippen molar-refractivity contribution in [3.63, 3.8) is 0 Å². The van der Waals surface area contributed by atoms with Gasteiger partial charge in [0.2, 0.25) is 5.91 Å². The third-order valence-corrected chi connectivity index (χ3v) is 4.76. The van der Waals surface area contributed by atoms with Gasteiger partial charge in [0.15, 0.2) is 0 Å². The van der Waals surface area contributed by atoms with E-state index in [0.29, 0.717) is 11.8 Å². The Kier molecular flexibility index (Phi) is 6.63. The van der Waals surface area contributed by atoms with Crippen LogP contribution in [0.2, 0.25) is 0 Å². The topological polar surface area (TPSA) is 47.4 Å². The molecule has 130 valence electrons. The van der Waals surface area contributed by atoms with Gasteiger partial charge in [0.1, 0.15) is 5.82 Å². The molecule has 1 aliphatic rings. The zero-order chi connectivity index (χ0) is 16.8. The molecule has 0 atom stereocenters. The summed E-state index contributed by atoms with van der Waals surface area (Å²) in [5, 5.41) is 0. The second kappa shape index (κ2) is 8.48. The maximum absolute atomic E-state index is 12.1. The summed E-state index contributed by atoms with van der Waals surface area (Å²) in [6.45, 7) is 9.62. The molecule has 0 radical (unpaired) electrons. The van der Waals surface area contributed by atoms with E-state index in [0.717, 1.165) is 51.9 Å². The number of aryl methyl sites for hydroxylation is 1. The first-order chi connectivity index (χ1) is 11.0. The molecule has 0 saturated carbocycles. The third kappa shape index (κ3) is 4.80. The summed E-state index contributed by atoms with van der Waals surface area (Å²) in [6, 6.07) is 0. The molecular formula is C18H31N3O2. The van der Waals surface area contributed by atoms with Crippen LogP contribution >= 0.6 is 0 Å². The molecule has 1 aromatic rings. The Bertz CT molecular complexity index is 502. The van der Waals surface area contributed by atoms with Crippen LogP contribution in [0.3, 0.4) is 0 Å². The predicted molar refractivity (Wildman–Crippen MR) is 91.3 cm³/mol. The van der Waals surface area contributed by atoms with Crippen LogP contribution in [-0.2, 0) is 22.5 Å². The number of piperidine rings is 1. The Morgan fingerprint density at radius 2 is 2.09 bits per heavy atom. The highest BCUT2D eigenvalue weighted by Crippen LogP contribution is 2.23. The standard InChI is InChI=1S/C18H31N3O2/c1-14(2)18(22)20-9-6-16(7-10-20)12-17-19-13-15(3)21(17)8-5-11-23-4/h13-14,16H,5-12H2,1-4H3. The molecule has 5 nitrogen and oxygen atoms in total. The van der Waals surface area contributed by atoms with Gasteiger partial charge in [-0.1, -0.05) is 13.8 Å². The van der Waals surface area contributed by atoms with Crippen molar-refractivity contribution in [3.05, 3.63) is 17.7 Å². The monoisotopic (exact) mass is 321 g/mol. The Morgan fingerprint density at radius 3 is 2.70 bits per heavy atom. The maximum atomic E-state index is 12.1. The van der Waals surface area contributed by atoms with Gasteiger partial charge in [0, 0.05) is 57.6 Å². The van der Waals surface area contributed by atoms with E-state index in [4.69, 9.17) is 4.74 Å². The average molecular weight is 321 g/mol. The first kappa shape index (κ1) is 18.0. The van der Waals surface area contributed by atoms with E-state index in [2.05, 4.69) is 16.5 Å². The van der Waals surface area contributed by atoms with Crippen molar-refractivity contribution in [3.8, 4) is 0 Å². The summed E-state index contributed by atoms with van der Waals surface area (Å²) in [6.07, 6.45) is 6.18. The molecule has 5 heteroatoms. The van der Waals surface area contributed by atoms with Crippen LogP contribution in [0.5, 0.6) is 0 Å². The molecule has 0 bridgehead atoms. The van der Waals surface area contributed by atoms with Crippen molar-refractivity contribution in [2.24, 2.45) is 11.8 Å². The number of ether oxygens (including phenoxy) is 1. The summed E-state index contributed by atoms with van der Waals surface area (Å²) in [5.74, 6) is 2.22. The second-order valence-corrected chi connectivity index (χ2v) is 6.94. The minimum Gasteiger partial charge on any atom is -0.385 e. The molecule has 0 aliphatic carbocycles. The van der Waals surface area contributed by atoms with Gasteiger partial charge in [-0.2, -0.15) is 0 Å². The summed E-state index contributed by atoms with van der Waals surface area (Å²) in [7, 11) is 1.74. The lowest BCUT2D eigenvalue weighted by molar-refractivity contribution is -0.135. The van der Waals surface area contributed by atoms with E-state index < -0.39 is 0 Å². The average Bonchev–Trinajstić information content (AvgIpc) is 2.88. The molecular weight excluding hydrogens is 290 g/mol. The van der Waals surface area contributed by atoms with E-state index in [1.54, 1.807) is 7.11 Å². The Labute approximate surface area is 140 Å². The summed E-state index contributed by atoms with van der Waals surface area (Å²) in [5.41, 5.74) is 1.23. The molecule has 2 rings (SSSR count). The minimum atomic E-state index is 0.105. The first-order valence-corrected chi connectivity index (χ1v) is 8.81. The lowest BCUT2D eigenvalue weighted by Crippen LogP contribution is -2.41. The lowest BCUT2D eigenvalue weighted by Gasteiger charge is -2.33. The number of nitrogens with zero attached hydrogens (tertiary/aromatic N) is 3. The van der Waals surface area contributed by atoms with Crippen molar-refractivity contribution in [1.82, 2.24) is 14.5 Å².